The summed E-state index contributed by atoms with van der Waals surface area (Å²) in [4.78, 5) is 4.15. The third-order valence-corrected chi connectivity index (χ3v) is 6.45. The second kappa shape index (κ2) is 8.97. The van der Waals surface area contributed by atoms with Crippen molar-refractivity contribution in [2.75, 3.05) is 0 Å². The van der Waals surface area contributed by atoms with Crippen LogP contribution in [-0.2, 0) is 0 Å². The van der Waals surface area contributed by atoms with Crippen LogP contribution in [0.15, 0.2) is 45.6 Å². The smallest absolute Gasteiger partial charge is 0.0714 e. The maximum Gasteiger partial charge on any atom is 0.0714 e. The third kappa shape index (κ3) is 4.57. The molecule has 0 aliphatic carbocycles. The Labute approximate surface area is 203 Å². The highest BCUT2D eigenvalue weighted by atomic mass is 79.9. The van der Waals surface area contributed by atoms with Gasteiger partial charge in [0.2, 0.25) is 0 Å². The van der Waals surface area contributed by atoms with Crippen molar-refractivity contribution in [3.63, 3.8) is 0 Å². The van der Waals surface area contributed by atoms with Crippen LogP contribution >= 0.6 is 101 Å². The summed E-state index contributed by atoms with van der Waals surface area (Å²) in [6.07, 6.45) is 3.30. The fourth-order valence-electron chi connectivity index (χ4n) is 2.59. The summed E-state index contributed by atoms with van der Waals surface area (Å²) in [5.41, 5.74) is 1.78. The Balaban J connectivity index is 2.44. The van der Waals surface area contributed by atoms with Crippen molar-refractivity contribution in [3.05, 3.63) is 98.3 Å². The number of pyridine rings is 1. The molecule has 3 rings (SSSR count). The van der Waals surface area contributed by atoms with E-state index in [2.05, 4.69) is 36.8 Å². The van der Waals surface area contributed by atoms with Gasteiger partial charge in [-0.1, -0.05) is 69.6 Å². The summed E-state index contributed by atoms with van der Waals surface area (Å²) in [6, 6.07) is 6.41. The molecule has 0 aliphatic heterocycles. The highest BCUT2D eigenvalue weighted by molar-refractivity contribution is 9.11. The first-order valence-electron chi connectivity index (χ1n) is 7.17. The second-order valence-corrected chi connectivity index (χ2v) is 9.55. The number of halogens is 8. The quantitative estimate of drug-likeness (QED) is 0.289. The monoisotopic (exact) mass is 604 g/mol. The van der Waals surface area contributed by atoms with Crippen molar-refractivity contribution in [2.24, 2.45) is 0 Å². The van der Waals surface area contributed by atoms with Gasteiger partial charge in [0.05, 0.1) is 5.92 Å². The lowest BCUT2D eigenvalue weighted by Gasteiger charge is -2.24. The van der Waals surface area contributed by atoms with Crippen molar-refractivity contribution in [3.8, 4) is 0 Å². The minimum Gasteiger partial charge on any atom is -0.262 e. The van der Waals surface area contributed by atoms with Crippen molar-refractivity contribution in [1.82, 2.24) is 4.98 Å². The van der Waals surface area contributed by atoms with Crippen molar-refractivity contribution < 1.29 is 0 Å². The molecule has 0 saturated carbocycles. The number of aromatic nitrogens is 1. The molecule has 0 atom stereocenters. The lowest BCUT2D eigenvalue weighted by molar-refractivity contribution is 1.16. The Morgan fingerprint density at radius 2 is 0.926 bits per heavy atom. The van der Waals surface area contributed by atoms with E-state index in [1.165, 1.54) is 0 Å². The Morgan fingerprint density at radius 1 is 0.593 bits per heavy atom. The zero-order chi connectivity index (χ0) is 19.9. The van der Waals surface area contributed by atoms with Crippen LogP contribution in [0.4, 0.5) is 0 Å². The van der Waals surface area contributed by atoms with Crippen molar-refractivity contribution >= 4 is 101 Å². The Kier molecular flexibility index (Phi) is 7.31. The minimum absolute atomic E-state index is 0.347. The summed E-state index contributed by atoms with van der Waals surface area (Å²) in [6.45, 7) is 0. The van der Waals surface area contributed by atoms with Crippen LogP contribution in [0.3, 0.4) is 0 Å². The predicted octanol–water partition coefficient (Wildman–Crippen LogP) is 9.55. The molecule has 0 aliphatic rings. The fourth-order valence-corrected chi connectivity index (χ4v) is 5.93. The Hall–Kier alpha value is 0.290. The molecule has 2 aromatic carbocycles. The number of benzene rings is 2. The van der Waals surface area contributed by atoms with E-state index in [4.69, 9.17) is 69.6 Å². The number of hydrogen-bond donors (Lipinski definition) is 0. The first kappa shape index (κ1) is 22.0. The standard InChI is InChI=1S/C18H6Br2Cl6N/c19-9-5-27-6-10(20)15(9)18(16-11(23)1-7(21)2-12(16)24)17-13(25)3-8(22)4-14(17)26/h1-6H. The molecule has 0 fully saturated rings. The van der Waals surface area contributed by atoms with Gasteiger partial charge in [0.25, 0.3) is 0 Å². The van der Waals surface area contributed by atoms with Crippen molar-refractivity contribution in [2.45, 2.75) is 0 Å². The molecule has 0 N–H and O–H groups in total. The third-order valence-electron chi connectivity index (χ3n) is 3.62. The van der Waals surface area contributed by atoms with E-state index >= 15 is 0 Å². The van der Waals surface area contributed by atoms with E-state index in [0.29, 0.717) is 56.1 Å². The molecule has 0 bridgehead atoms. The molecule has 139 valence electrons. The summed E-state index contributed by atoms with van der Waals surface area (Å²) >= 11 is 45.3. The predicted molar refractivity (Wildman–Crippen MR) is 123 cm³/mol. The van der Waals surface area contributed by atoms with Gasteiger partial charge in [0.15, 0.2) is 0 Å². The van der Waals surface area contributed by atoms with Gasteiger partial charge in [-0.2, -0.15) is 0 Å². The van der Waals surface area contributed by atoms with Gasteiger partial charge in [-0.3, -0.25) is 4.98 Å². The van der Waals surface area contributed by atoms with Crippen molar-refractivity contribution in [1.29, 1.82) is 0 Å². The van der Waals surface area contributed by atoms with Crippen LogP contribution in [0, 0.1) is 5.92 Å². The zero-order valence-corrected chi connectivity index (χ0v) is 20.6. The van der Waals surface area contributed by atoms with E-state index < -0.39 is 0 Å². The van der Waals surface area contributed by atoms with Crippen LogP contribution in [-0.4, -0.2) is 4.98 Å². The Morgan fingerprint density at radius 3 is 1.26 bits per heavy atom. The second-order valence-electron chi connectivity index (χ2n) is 5.34. The summed E-state index contributed by atoms with van der Waals surface area (Å²) in [5, 5.41) is 2.21. The molecular formula is C18H6Br2Cl6N. The average Bonchev–Trinajstić information content (AvgIpc) is 2.52. The van der Waals surface area contributed by atoms with Gasteiger partial charge < -0.3 is 0 Å². The van der Waals surface area contributed by atoms with Gasteiger partial charge in [-0.15, -0.1) is 0 Å². The van der Waals surface area contributed by atoms with Gasteiger partial charge in [-0.25, -0.2) is 0 Å². The molecule has 27 heavy (non-hydrogen) atoms. The normalized spacial score (nSPS) is 11.3. The van der Waals surface area contributed by atoms with E-state index in [-0.39, 0.29) is 0 Å². The molecule has 1 heterocycles. The zero-order valence-electron chi connectivity index (χ0n) is 12.9. The lowest BCUT2D eigenvalue weighted by atomic mass is 9.85. The maximum absolute atomic E-state index is 6.52. The fraction of sp³-hybridized carbons (Fsp3) is 0. The first-order valence-corrected chi connectivity index (χ1v) is 11.0. The topological polar surface area (TPSA) is 12.9 Å². The largest absolute Gasteiger partial charge is 0.262 e. The van der Waals surface area contributed by atoms with Gasteiger partial charge >= 0.3 is 0 Å². The van der Waals surface area contributed by atoms with E-state index in [1.807, 2.05) is 0 Å². The van der Waals surface area contributed by atoms with Crippen LogP contribution < -0.4 is 0 Å². The molecule has 3 aromatic rings. The number of rotatable bonds is 3. The molecular weight excluding hydrogens is 603 g/mol. The summed E-state index contributed by atoms with van der Waals surface area (Å²) in [7, 11) is 0. The molecule has 1 nitrogen and oxygen atoms in total. The molecule has 1 radical (unpaired) electrons. The molecule has 1 aromatic heterocycles. The highest BCUT2D eigenvalue weighted by Crippen LogP contribution is 2.49. The highest BCUT2D eigenvalue weighted by Gasteiger charge is 2.31. The summed E-state index contributed by atoms with van der Waals surface area (Å²) in [5.74, 6) is 0.606. The minimum atomic E-state index is 0.347. The summed E-state index contributed by atoms with van der Waals surface area (Å²) < 4.78 is 1.38. The first-order chi connectivity index (χ1) is 12.7. The maximum atomic E-state index is 6.52. The number of hydrogen-bond acceptors (Lipinski definition) is 1. The molecule has 0 spiro atoms. The van der Waals surface area contributed by atoms with E-state index in [9.17, 15) is 0 Å². The van der Waals surface area contributed by atoms with E-state index in [0.717, 1.165) is 5.56 Å². The molecule has 0 amide bonds. The SMILES string of the molecule is Clc1cc(Cl)c([C](c2c(Cl)cc(Cl)cc2Cl)c2c(Br)cncc2Br)c(Cl)c1. The van der Waals surface area contributed by atoms with Crippen LogP contribution in [0.1, 0.15) is 16.7 Å². The van der Waals surface area contributed by atoms with Gasteiger partial charge in [0, 0.05) is 68.2 Å². The van der Waals surface area contributed by atoms with E-state index in [1.54, 1.807) is 36.7 Å². The number of nitrogens with zero attached hydrogens (tertiary/aromatic N) is 1. The van der Waals surface area contributed by atoms with Crippen LogP contribution in [0.5, 0.6) is 0 Å². The molecule has 0 saturated heterocycles. The van der Waals surface area contributed by atoms with Crippen LogP contribution in [0.25, 0.3) is 0 Å². The van der Waals surface area contributed by atoms with Gasteiger partial charge in [-0.05, 0) is 56.1 Å². The molecule has 9 heteroatoms. The van der Waals surface area contributed by atoms with Gasteiger partial charge in [0.1, 0.15) is 0 Å². The van der Waals surface area contributed by atoms with Crippen LogP contribution in [0.2, 0.25) is 30.1 Å². The Bertz CT molecular complexity index is 917. The average molecular weight is 609 g/mol. The lowest BCUT2D eigenvalue weighted by Crippen LogP contribution is -2.10. The molecule has 0 unspecified atom stereocenters.